The van der Waals surface area contributed by atoms with E-state index < -0.39 is 24.5 Å². The lowest BCUT2D eigenvalue weighted by atomic mass is 10.3. The first-order valence-electron chi connectivity index (χ1n) is 8.23. The molecule has 0 radical (unpaired) electrons. The number of aryl methyl sites for hydroxylation is 1. The zero-order chi connectivity index (χ0) is 18.9. The molecule has 0 atom stereocenters. The summed E-state index contributed by atoms with van der Waals surface area (Å²) in [4.78, 5) is 40.0. The van der Waals surface area contributed by atoms with Crippen molar-refractivity contribution in [2.24, 2.45) is 0 Å². The number of thiophene rings is 1. The summed E-state index contributed by atoms with van der Waals surface area (Å²) in [7, 11) is 0. The number of amides is 3. The van der Waals surface area contributed by atoms with Crippen LogP contribution in [-0.2, 0) is 20.7 Å². The van der Waals surface area contributed by atoms with Crippen LogP contribution in [0.4, 0.5) is 4.79 Å². The van der Waals surface area contributed by atoms with Crippen molar-refractivity contribution in [3.8, 4) is 10.8 Å². The minimum atomic E-state index is -0.691. The van der Waals surface area contributed by atoms with Gasteiger partial charge < -0.3 is 14.5 Å². The van der Waals surface area contributed by atoms with Gasteiger partial charge in [0.1, 0.15) is 5.76 Å². The number of nitrogens with one attached hydrogen (secondary N) is 2. The first-order chi connectivity index (χ1) is 12.5. The van der Waals surface area contributed by atoms with E-state index in [1.807, 2.05) is 24.4 Å². The van der Waals surface area contributed by atoms with Crippen molar-refractivity contribution >= 4 is 29.2 Å². The normalized spacial score (nSPS) is 10.4. The summed E-state index contributed by atoms with van der Waals surface area (Å²) in [5.41, 5.74) is 0.455. The van der Waals surface area contributed by atoms with Gasteiger partial charge in [0, 0.05) is 6.54 Å². The molecule has 2 aromatic heterocycles. The molecule has 8 nitrogen and oxygen atoms in total. The Hall–Kier alpha value is -2.68. The lowest BCUT2D eigenvalue weighted by molar-refractivity contribution is -0.147. The Morgan fingerprint density at radius 1 is 1.35 bits per heavy atom. The van der Waals surface area contributed by atoms with E-state index >= 15 is 0 Å². The van der Waals surface area contributed by atoms with Gasteiger partial charge in [-0.3, -0.25) is 14.9 Å². The third kappa shape index (κ3) is 5.99. The number of aromatic nitrogens is 1. The van der Waals surface area contributed by atoms with E-state index in [-0.39, 0.29) is 6.42 Å². The highest BCUT2D eigenvalue weighted by molar-refractivity contribution is 7.13. The second-order valence-electron chi connectivity index (χ2n) is 5.49. The van der Waals surface area contributed by atoms with Crippen molar-refractivity contribution in [3.63, 3.8) is 0 Å². The van der Waals surface area contributed by atoms with E-state index in [2.05, 4.69) is 15.6 Å². The van der Waals surface area contributed by atoms with E-state index in [4.69, 9.17) is 9.15 Å². The number of carbonyl (C=O) groups excluding carboxylic acids is 3. The number of unbranched alkanes of at least 4 members (excludes halogenated alkanes) is 1. The zero-order valence-corrected chi connectivity index (χ0v) is 15.5. The molecule has 0 fully saturated rings. The maximum Gasteiger partial charge on any atom is 0.321 e. The Balaban J connectivity index is 1.77. The number of esters is 1. The highest BCUT2D eigenvalue weighted by Crippen LogP contribution is 2.26. The number of oxazole rings is 1. The van der Waals surface area contributed by atoms with Crippen molar-refractivity contribution in [1.82, 2.24) is 15.6 Å². The second kappa shape index (κ2) is 9.71. The molecule has 0 aliphatic rings. The molecule has 2 rings (SSSR count). The molecule has 9 heteroatoms. The standard InChI is InChI=1S/C17H21N3O5S/c1-3-4-7-18-17(23)20-14(21)10-24-15(22)9-12-11(2)25-16(19-12)13-6-5-8-26-13/h5-6,8H,3-4,7,9-10H2,1-2H3,(H2,18,20,21,23). The summed E-state index contributed by atoms with van der Waals surface area (Å²) < 4.78 is 10.4. The summed E-state index contributed by atoms with van der Waals surface area (Å²) >= 11 is 1.48. The number of urea groups is 1. The van der Waals surface area contributed by atoms with E-state index in [1.165, 1.54) is 11.3 Å². The highest BCUT2D eigenvalue weighted by Gasteiger charge is 2.17. The largest absolute Gasteiger partial charge is 0.455 e. The van der Waals surface area contributed by atoms with Gasteiger partial charge in [-0.15, -0.1) is 11.3 Å². The minimum Gasteiger partial charge on any atom is -0.455 e. The average Bonchev–Trinajstić information content (AvgIpc) is 3.24. The van der Waals surface area contributed by atoms with Gasteiger partial charge in [-0.25, -0.2) is 9.78 Å². The molecule has 2 aromatic rings. The minimum absolute atomic E-state index is 0.114. The molecule has 2 N–H and O–H groups in total. The molecule has 0 saturated heterocycles. The van der Waals surface area contributed by atoms with Gasteiger partial charge in [-0.2, -0.15) is 0 Å². The fourth-order valence-corrected chi connectivity index (χ4v) is 2.67. The van der Waals surface area contributed by atoms with Crippen LogP contribution in [0.15, 0.2) is 21.9 Å². The van der Waals surface area contributed by atoms with Gasteiger partial charge in [-0.05, 0) is 24.8 Å². The van der Waals surface area contributed by atoms with E-state index in [0.717, 1.165) is 17.7 Å². The number of nitrogens with zero attached hydrogens (tertiary/aromatic N) is 1. The SMILES string of the molecule is CCCCNC(=O)NC(=O)COC(=O)Cc1nc(-c2cccs2)oc1C. The highest BCUT2D eigenvalue weighted by atomic mass is 32.1. The molecule has 140 valence electrons. The summed E-state index contributed by atoms with van der Waals surface area (Å²) in [5.74, 6) is -0.351. The number of hydrogen-bond donors (Lipinski definition) is 2. The quantitative estimate of drug-likeness (QED) is 0.538. The van der Waals surface area contributed by atoms with Crippen molar-refractivity contribution < 1.29 is 23.5 Å². The molecule has 0 aliphatic heterocycles. The number of hydrogen-bond acceptors (Lipinski definition) is 7. The predicted octanol–water partition coefficient (Wildman–Crippen LogP) is 2.42. The molecule has 0 spiro atoms. The van der Waals surface area contributed by atoms with Crippen LogP contribution in [0.5, 0.6) is 0 Å². The van der Waals surface area contributed by atoms with Gasteiger partial charge in [0.25, 0.3) is 5.91 Å². The van der Waals surface area contributed by atoms with Gasteiger partial charge in [-0.1, -0.05) is 19.4 Å². The van der Waals surface area contributed by atoms with Crippen molar-refractivity contribution in [3.05, 3.63) is 29.0 Å². The van der Waals surface area contributed by atoms with Gasteiger partial charge >= 0.3 is 12.0 Å². The number of ether oxygens (including phenoxy) is 1. The monoisotopic (exact) mass is 379 g/mol. The van der Waals surface area contributed by atoms with Crippen LogP contribution in [0, 0.1) is 6.92 Å². The van der Waals surface area contributed by atoms with Crippen LogP contribution in [0.25, 0.3) is 10.8 Å². The molecule has 0 aromatic carbocycles. The van der Waals surface area contributed by atoms with Crippen molar-refractivity contribution in [2.45, 2.75) is 33.1 Å². The van der Waals surface area contributed by atoms with Crippen molar-refractivity contribution in [1.29, 1.82) is 0 Å². The molecule has 0 saturated carbocycles. The maximum atomic E-state index is 11.9. The zero-order valence-electron chi connectivity index (χ0n) is 14.7. The fourth-order valence-electron chi connectivity index (χ4n) is 2.02. The van der Waals surface area contributed by atoms with Crippen LogP contribution in [0.2, 0.25) is 0 Å². The summed E-state index contributed by atoms with van der Waals surface area (Å²) in [6.07, 6.45) is 1.64. The lowest BCUT2D eigenvalue weighted by Gasteiger charge is -2.06. The average molecular weight is 379 g/mol. The van der Waals surface area contributed by atoms with Gasteiger partial charge in [0.2, 0.25) is 5.89 Å². The van der Waals surface area contributed by atoms with E-state index in [9.17, 15) is 14.4 Å². The molecule has 0 bridgehead atoms. The molecular formula is C17H21N3O5S. The summed E-state index contributed by atoms with van der Waals surface area (Å²) in [6, 6.07) is 3.14. The maximum absolute atomic E-state index is 11.9. The van der Waals surface area contributed by atoms with Crippen LogP contribution < -0.4 is 10.6 Å². The number of carbonyl (C=O) groups is 3. The van der Waals surface area contributed by atoms with Crippen LogP contribution in [-0.4, -0.2) is 36.0 Å². The topological polar surface area (TPSA) is 111 Å². The fraction of sp³-hybridized carbons (Fsp3) is 0.412. The lowest BCUT2D eigenvalue weighted by Crippen LogP contribution is -2.41. The molecule has 2 heterocycles. The first kappa shape index (κ1) is 19.6. The molecule has 0 aliphatic carbocycles. The molecule has 0 unspecified atom stereocenters. The Kier molecular flexibility index (Phi) is 7.34. The third-order valence-electron chi connectivity index (χ3n) is 3.37. The first-order valence-corrected chi connectivity index (χ1v) is 9.11. The Morgan fingerprint density at radius 2 is 2.15 bits per heavy atom. The Morgan fingerprint density at radius 3 is 2.85 bits per heavy atom. The van der Waals surface area contributed by atoms with Gasteiger partial charge in [0.15, 0.2) is 6.61 Å². The smallest absolute Gasteiger partial charge is 0.321 e. The van der Waals surface area contributed by atoms with Crippen molar-refractivity contribution in [2.75, 3.05) is 13.2 Å². The summed E-state index contributed by atoms with van der Waals surface area (Å²) in [6.45, 7) is 3.65. The number of rotatable bonds is 8. The summed E-state index contributed by atoms with van der Waals surface area (Å²) in [5, 5.41) is 6.53. The molecule has 26 heavy (non-hydrogen) atoms. The predicted molar refractivity (Wildman–Crippen MR) is 95.7 cm³/mol. The third-order valence-corrected chi connectivity index (χ3v) is 4.23. The number of imide groups is 1. The van der Waals surface area contributed by atoms with Gasteiger partial charge in [0.05, 0.1) is 17.0 Å². The Bertz CT molecular complexity index is 755. The molecule has 3 amide bonds. The van der Waals surface area contributed by atoms with Crippen LogP contribution >= 0.6 is 11.3 Å². The van der Waals surface area contributed by atoms with E-state index in [1.54, 1.807) is 6.92 Å². The van der Waals surface area contributed by atoms with Crippen LogP contribution in [0.3, 0.4) is 0 Å². The second-order valence-corrected chi connectivity index (χ2v) is 6.44. The Labute approximate surface area is 154 Å². The van der Waals surface area contributed by atoms with Crippen LogP contribution in [0.1, 0.15) is 31.2 Å². The molecular weight excluding hydrogens is 358 g/mol. The van der Waals surface area contributed by atoms with E-state index in [0.29, 0.717) is 23.9 Å².